The zero-order valence-electron chi connectivity index (χ0n) is 8.56. The number of nitrogens with zero attached hydrogens (tertiary/aromatic N) is 1. The standard InChI is InChI=1S/C9H18NO2PS/c1-4-6-10(7-5-2)8-9-12-13(3,11)14/h4-5H,1-2,6-9H2,3H3,(H,11,14). The molecule has 0 heterocycles. The first-order chi connectivity index (χ1) is 6.49. The lowest BCUT2D eigenvalue weighted by atomic mass is 10.4. The van der Waals surface area contributed by atoms with E-state index >= 15 is 0 Å². The van der Waals surface area contributed by atoms with Crippen LogP contribution < -0.4 is 0 Å². The van der Waals surface area contributed by atoms with Crippen LogP contribution >= 0.6 is 6.49 Å². The summed E-state index contributed by atoms with van der Waals surface area (Å²) in [5.41, 5.74) is 0. The minimum Gasteiger partial charge on any atom is -0.345 e. The summed E-state index contributed by atoms with van der Waals surface area (Å²) >= 11 is 4.75. The summed E-state index contributed by atoms with van der Waals surface area (Å²) in [5.74, 6) is 0. The van der Waals surface area contributed by atoms with Gasteiger partial charge < -0.3 is 9.42 Å². The molecule has 0 spiro atoms. The van der Waals surface area contributed by atoms with Gasteiger partial charge in [-0.1, -0.05) is 12.2 Å². The monoisotopic (exact) mass is 235 g/mol. The first-order valence-corrected chi connectivity index (χ1v) is 7.50. The molecule has 1 N–H and O–H groups in total. The fraction of sp³-hybridized carbons (Fsp3) is 0.556. The van der Waals surface area contributed by atoms with Crippen molar-refractivity contribution in [2.24, 2.45) is 0 Å². The van der Waals surface area contributed by atoms with E-state index in [4.69, 9.17) is 16.3 Å². The number of hydrogen-bond acceptors (Lipinski definition) is 3. The van der Waals surface area contributed by atoms with Crippen LogP contribution in [0.15, 0.2) is 25.3 Å². The highest BCUT2D eigenvalue weighted by atomic mass is 32.5. The summed E-state index contributed by atoms with van der Waals surface area (Å²) in [7, 11) is 0. The molecule has 0 aliphatic carbocycles. The van der Waals surface area contributed by atoms with Crippen LogP contribution in [-0.4, -0.2) is 42.7 Å². The lowest BCUT2D eigenvalue weighted by molar-refractivity contribution is 0.236. The van der Waals surface area contributed by atoms with Crippen molar-refractivity contribution in [2.45, 2.75) is 0 Å². The van der Waals surface area contributed by atoms with Gasteiger partial charge in [0.15, 0.2) is 6.49 Å². The van der Waals surface area contributed by atoms with Crippen molar-refractivity contribution in [3.63, 3.8) is 0 Å². The molecule has 3 nitrogen and oxygen atoms in total. The van der Waals surface area contributed by atoms with Crippen LogP contribution in [-0.2, 0) is 16.3 Å². The maximum atomic E-state index is 9.24. The van der Waals surface area contributed by atoms with Gasteiger partial charge in [0.05, 0.1) is 6.61 Å². The Balaban J connectivity index is 3.75. The van der Waals surface area contributed by atoms with E-state index in [1.165, 1.54) is 0 Å². The molecule has 0 saturated carbocycles. The molecule has 1 atom stereocenters. The third-order valence-corrected chi connectivity index (χ3v) is 2.49. The van der Waals surface area contributed by atoms with E-state index < -0.39 is 6.49 Å². The zero-order valence-corrected chi connectivity index (χ0v) is 10.3. The molecule has 0 radical (unpaired) electrons. The summed E-state index contributed by atoms with van der Waals surface area (Å²) < 4.78 is 5.12. The van der Waals surface area contributed by atoms with Crippen LogP contribution in [0.3, 0.4) is 0 Å². The van der Waals surface area contributed by atoms with Gasteiger partial charge in [-0.05, 0) is 11.8 Å². The molecule has 0 bridgehead atoms. The molecule has 0 saturated heterocycles. The highest BCUT2D eigenvalue weighted by molar-refractivity contribution is 8.09. The van der Waals surface area contributed by atoms with Crippen molar-refractivity contribution in [3.8, 4) is 0 Å². The Bertz CT molecular complexity index is 217. The largest absolute Gasteiger partial charge is 0.345 e. The minimum absolute atomic E-state index is 0.450. The minimum atomic E-state index is -2.50. The normalized spacial score (nSPS) is 15.1. The smallest absolute Gasteiger partial charge is 0.183 e. The van der Waals surface area contributed by atoms with Crippen molar-refractivity contribution >= 4 is 18.3 Å². The maximum Gasteiger partial charge on any atom is 0.183 e. The highest BCUT2D eigenvalue weighted by Crippen LogP contribution is 2.36. The topological polar surface area (TPSA) is 32.7 Å². The summed E-state index contributed by atoms with van der Waals surface area (Å²) in [6.07, 6.45) is 3.65. The van der Waals surface area contributed by atoms with E-state index in [0.717, 1.165) is 19.6 Å². The molecule has 1 unspecified atom stereocenters. The number of hydrogen-bond donors (Lipinski definition) is 1. The van der Waals surface area contributed by atoms with E-state index in [2.05, 4.69) is 18.1 Å². The Hall–Kier alpha value is 0.01000. The molecule has 0 aromatic heterocycles. The Kier molecular flexibility index (Phi) is 7.33. The molecule has 5 heteroatoms. The molecule has 0 fully saturated rings. The Labute approximate surface area is 91.2 Å². The molecule has 0 aliphatic heterocycles. The van der Waals surface area contributed by atoms with E-state index in [9.17, 15) is 4.89 Å². The second kappa shape index (κ2) is 7.32. The lowest BCUT2D eigenvalue weighted by Gasteiger charge is -2.19. The van der Waals surface area contributed by atoms with Crippen molar-refractivity contribution < 1.29 is 9.42 Å². The third-order valence-electron chi connectivity index (χ3n) is 1.51. The average molecular weight is 235 g/mol. The zero-order chi connectivity index (χ0) is 11.0. The van der Waals surface area contributed by atoms with Gasteiger partial charge in [-0.15, -0.1) is 13.2 Å². The fourth-order valence-electron chi connectivity index (χ4n) is 0.962. The molecular weight excluding hydrogens is 217 g/mol. The Morgan fingerprint density at radius 3 is 2.29 bits per heavy atom. The van der Waals surface area contributed by atoms with Crippen LogP contribution in [0, 0.1) is 0 Å². The van der Waals surface area contributed by atoms with E-state index in [-0.39, 0.29) is 0 Å². The number of rotatable bonds is 8. The Morgan fingerprint density at radius 2 is 1.93 bits per heavy atom. The Morgan fingerprint density at radius 1 is 1.43 bits per heavy atom. The van der Waals surface area contributed by atoms with Crippen molar-refractivity contribution in [1.82, 2.24) is 4.90 Å². The predicted octanol–water partition coefficient (Wildman–Crippen LogP) is 1.61. The van der Waals surface area contributed by atoms with Crippen molar-refractivity contribution in [3.05, 3.63) is 25.3 Å². The van der Waals surface area contributed by atoms with Gasteiger partial charge in [0.1, 0.15) is 0 Å². The molecule has 14 heavy (non-hydrogen) atoms. The van der Waals surface area contributed by atoms with Gasteiger partial charge in [-0.2, -0.15) is 0 Å². The summed E-state index contributed by atoms with van der Waals surface area (Å²) in [5, 5.41) is 0. The van der Waals surface area contributed by atoms with Crippen LogP contribution in [0.1, 0.15) is 0 Å². The van der Waals surface area contributed by atoms with E-state index in [1.807, 2.05) is 12.2 Å². The maximum absolute atomic E-state index is 9.24. The second-order valence-electron chi connectivity index (χ2n) is 2.97. The van der Waals surface area contributed by atoms with Gasteiger partial charge in [-0.25, -0.2) is 0 Å². The van der Waals surface area contributed by atoms with Crippen LogP contribution in [0.4, 0.5) is 0 Å². The first kappa shape index (κ1) is 14.0. The van der Waals surface area contributed by atoms with Gasteiger partial charge in [0, 0.05) is 26.3 Å². The van der Waals surface area contributed by atoms with Gasteiger partial charge in [-0.3, -0.25) is 4.90 Å². The molecule has 0 aromatic carbocycles. The molecule has 0 aliphatic rings. The van der Waals surface area contributed by atoms with Gasteiger partial charge in [0.2, 0.25) is 0 Å². The molecular formula is C9H18NO2PS. The molecule has 0 aromatic rings. The first-order valence-electron chi connectivity index (χ1n) is 4.38. The summed E-state index contributed by atoms with van der Waals surface area (Å²) in [4.78, 5) is 11.3. The predicted molar refractivity (Wildman–Crippen MR) is 65.2 cm³/mol. The van der Waals surface area contributed by atoms with Gasteiger partial charge in [0.25, 0.3) is 0 Å². The third kappa shape index (κ3) is 8.60. The highest BCUT2D eigenvalue weighted by Gasteiger charge is 2.06. The van der Waals surface area contributed by atoms with Gasteiger partial charge >= 0.3 is 0 Å². The average Bonchev–Trinajstić information content (AvgIpc) is 2.02. The fourth-order valence-corrected chi connectivity index (χ4v) is 1.61. The molecule has 82 valence electrons. The lowest BCUT2D eigenvalue weighted by Crippen LogP contribution is -2.27. The molecule has 0 rings (SSSR count). The SMILES string of the molecule is C=CCN(CC=C)CCOP(C)(O)=S. The second-order valence-corrected chi connectivity index (χ2v) is 6.87. The van der Waals surface area contributed by atoms with E-state index in [0.29, 0.717) is 6.61 Å². The molecule has 0 amide bonds. The summed E-state index contributed by atoms with van der Waals surface area (Å²) in [6.45, 7) is 9.11. The van der Waals surface area contributed by atoms with E-state index in [1.54, 1.807) is 6.66 Å². The van der Waals surface area contributed by atoms with Crippen LogP contribution in [0.25, 0.3) is 0 Å². The van der Waals surface area contributed by atoms with Crippen LogP contribution in [0.2, 0.25) is 0 Å². The van der Waals surface area contributed by atoms with Crippen molar-refractivity contribution in [1.29, 1.82) is 0 Å². The quantitative estimate of drug-likeness (QED) is 0.512. The summed E-state index contributed by atoms with van der Waals surface area (Å²) in [6, 6.07) is 0. The van der Waals surface area contributed by atoms with Crippen LogP contribution in [0.5, 0.6) is 0 Å². The van der Waals surface area contributed by atoms with Crippen molar-refractivity contribution in [2.75, 3.05) is 32.9 Å².